The first-order valence-corrected chi connectivity index (χ1v) is 19.8. The largest absolute Gasteiger partial charge is 0.373 e. The van der Waals surface area contributed by atoms with Gasteiger partial charge in [-0.25, -0.2) is 14.8 Å². The number of imide groups is 1. The van der Waals surface area contributed by atoms with E-state index in [1.165, 1.54) is 0 Å². The first-order chi connectivity index (χ1) is 27.1. The molecule has 15 heteroatoms. The highest BCUT2D eigenvalue weighted by Crippen LogP contribution is 2.45. The molecule has 7 heterocycles. The molecule has 3 saturated heterocycles. The fourth-order valence-electron chi connectivity index (χ4n) is 9.43. The predicted octanol–water partition coefficient (Wildman–Crippen LogP) is 5.16. The van der Waals surface area contributed by atoms with Gasteiger partial charge in [0.05, 0.1) is 29.4 Å². The van der Waals surface area contributed by atoms with Gasteiger partial charge in [-0.05, 0) is 80.2 Å². The van der Waals surface area contributed by atoms with E-state index in [2.05, 4.69) is 37.2 Å². The Bertz CT molecular complexity index is 2390. The van der Waals surface area contributed by atoms with E-state index in [9.17, 15) is 19.2 Å². The molecule has 4 fully saturated rings. The molecule has 4 aliphatic rings. The summed E-state index contributed by atoms with van der Waals surface area (Å²) in [6, 6.07) is 11.3. The van der Waals surface area contributed by atoms with Crippen LogP contribution in [0.5, 0.6) is 0 Å². The third-order valence-corrected chi connectivity index (χ3v) is 12.6. The lowest BCUT2D eigenvalue weighted by molar-refractivity contribution is -0.135. The summed E-state index contributed by atoms with van der Waals surface area (Å²) in [7, 11) is 5.30. The molecular weight excluding hydrogens is 713 g/mol. The SMILES string of the molecule is CN(C)C(=O)c1cc2cnc(Nc3ccc([C@@H]4CCC5(CCN(c6cccc7c6n(C)c(=O)n7[C@H]6CCC(=O)NC6=O)CC5)CO4)cn3)nc2n1C1CCCC1. The van der Waals surface area contributed by atoms with E-state index in [-0.39, 0.29) is 41.5 Å². The fraction of sp³-hybridized carbons (Fsp3) is 0.488. The van der Waals surface area contributed by atoms with Gasteiger partial charge in [-0.3, -0.25) is 28.8 Å². The molecule has 3 amide bonds. The molecule has 4 aromatic heterocycles. The maximum atomic E-state index is 13.5. The van der Waals surface area contributed by atoms with Gasteiger partial charge in [-0.15, -0.1) is 0 Å². The fourth-order valence-corrected chi connectivity index (χ4v) is 9.43. The summed E-state index contributed by atoms with van der Waals surface area (Å²) in [6.45, 7) is 2.34. The number of carbonyl (C=O) groups is 3. The van der Waals surface area contributed by atoms with Gasteiger partial charge in [0.15, 0.2) is 0 Å². The van der Waals surface area contributed by atoms with Gasteiger partial charge in [-0.2, -0.15) is 4.98 Å². The number of anilines is 3. The molecule has 1 aromatic carbocycles. The normalized spacial score (nSPS) is 21.6. The van der Waals surface area contributed by atoms with E-state index in [4.69, 9.17) is 14.7 Å². The molecule has 1 aliphatic carbocycles. The van der Waals surface area contributed by atoms with Crippen molar-refractivity contribution in [2.24, 2.45) is 12.5 Å². The number of aryl methyl sites for hydroxylation is 1. The van der Waals surface area contributed by atoms with Gasteiger partial charge < -0.3 is 24.4 Å². The highest BCUT2D eigenvalue weighted by molar-refractivity contribution is 6.01. The molecule has 9 rings (SSSR count). The summed E-state index contributed by atoms with van der Waals surface area (Å²) in [5, 5.41) is 6.51. The van der Waals surface area contributed by atoms with Gasteiger partial charge >= 0.3 is 5.69 Å². The maximum Gasteiger partial charge on any atom is 0.329 e. The number of piperidine rings is 2. The minimum Gasteiger partial charge on any atom is -0.373 e. The number of hydrogen-bond acceptors (Lipinski definition) is 10. The van der Waals surface area contributed by atoms with Crippen LogP contribution in [-0.4, -0.2) is 85.1 Å². The van der Waals surface area contributed by atoms with Gasteiger partial charge in [0, 0.05) is 64.5 Å². The minimum atomic E-state index is -0.710. The summed E-state index contributed by atoms with van der Waals surface area (Å²) < 4.78 is 11.8. The first kappa shape index (κ1) is 36.1. The molecule has 2 N–H and O–H groups in total. The van der Waals surface area contributed by atoms with Crippen molar-refractivity contribution in [2.45, 2.75) is 82.4 Å². The second kappa shape index (κ2) is 14.2. The second-order valence-electron chi connectivity index (χ2n) is 16.3. The number of pyridine rings is 1. The zero-order valence-electron chi connectivity index (χ0n) is 32.2. The molecule has 56 heavy (non-hydrogen) atoms. The van der Waals surface area contributed by atoms with Crippen molar-refractivity contribution in [3.05, 3.63) is 70.5 Å². The average Bonchev–Trinajstić information content (AvgIpc) is 3.93. The van der Waals surface area contributed by atoms with E-state index in [1.807, 2.05) is 30.5 Å². The van der Waals surface area contributed by atoms with Crippen molar-refractivity contribution in [2.75, 3.05) is 44.0 Å². The van der Waals surface area contributed by atoms with Crippen LogP contribution in [0.2, 0.25) is 0 Å². The number of carbonyl (C=O) groups excluding carboxylic acids is 3. The molecule has 5 aromatic rings. The Morgan fingerprint density at radius 2 is 1.77 bits per heavy atom. The molecule has 0 radical (unpaired) electrons. The molecule has 2 atom stereocenters. The summed E-state index contributed by atoms with van der Waals surface area (Å²) in [5.41, 5.74) is 4.77. The highest BCUT2D eigenvalue weighted by Gasteiger charge is 2.40. The Kier molecular flexibility index (Phi) is 9.14. The number of imidazole rings is 1. The van der Waals surface area contributed by atoms with Crippen molar-refractivity contribution >= 4 is 57.2 Å². The number of hydrogen-bond donors (Lipinski definition) is 2. The Morgan fingerprint density at radius 3 is 2.46 bits per heavy atom. The minimum absolute atomic E-state index is 0.0357. The lowest BCUT2D eigenvalue weighted by Gasteiger charge is -2.46. The summed E-state index contributed by atoms with van der Waals surface area (Å²) in [4.78, 5) is 69.2. The highest BCUT2D eigenvalue weighted by atomic mass is 16.5. The molecule has 0 unspecified atom stereocenters. The van der Waals surface area contributed by atoms with Crippen LogP contribution in [0.3, 0.4) is 0 Å². The van der Waals surface area contributed by atoms with Crippen LogP contribution in [0.4, 0.5) is 17.5 Å². The van der Waals surface area contributed by atoms with E-state index >= 15 is 0 Å². The zero-order valence-corrected chi connectivity index (χ0v) is 32.2. The Labute approximate surface area is 324 Å². The van der Waals surface area contributed by atoms with Crippen LogP contribution in [0.15, 0.2) is 53.6 Å². The zero-order chi connectivity index (χ0) is 38.7. The first-order valence-electron chi connectivity index (χ1n) is 19.8. The number of para-hydroxylation sites is 1. The van der Waals surface area contributed by atoms with Gasteiger partial charge in [-0.1, -0.05) is 25.0 Å². The topological polar surface area (TPSA) is 162 Å². The van der Waals surface area contributed by atoms with Crippen molar-refractivity contribution in [1.29, 1.82) is 0 Å². The van der Waals surface area contributed by atoms with E-state index < -0.39 is 11.9 Å². The Balaban J connectivity index is 0.845. The number of amides is 3. The predicted molar refractivity (Wildman–Crippen MR) is 211 cm³/mol. The molecule has 1 saturated carbocycles. The maximum absolute atomic E-state index is 13.5. The number of rotatable bonds is 7. The van der Waals surface area contributed by atoms with E-state index in [0.717, 1.165) is 92.3 Å². The summed E-state index contributed by atoms with van der Waals surface area (Å²) in [5.74, 6) is 0.307. The molecule has 15 nitrogen and oxygen atoms in total. The standard InChI is InChI=1S/C41H48N10O5/c1-47(2)38(54)31-21-26-23-43-39(46-36(26)50(31)27-7-4-5-8-27)44-33-13-11-25(22-42-33)32-15-16-41(24-56-32)17-19-49(20-18-41)28-9-6-10-29-35(28)48(3)40(55)51(29)30-12-14-34(52)45-37(30)53/h6,9-11,13,21-23,27,30,32H,4-5,7-8,12,14-20,24H2,1-3H3,(H,45,52,53)(H,42,43,44,46)/t30-,32-/m0/s1. The van der Waals surface area contributed by atoms with Gasteiger partial charge in [0.2, 0.25) is 17.8 Å². The van der Waals surface area contributed by atoms with Gasteiger partial charge in [0.1, 0.15) is 23.2 Å². The van der Waals surface area contributed by atoms with Crippen molar-refractivity contribution in [1.82, 2.24) is 38.9 Å². The number of benzene rings is 1. The monoisotopic (exact) mass is 760 g/mol. The third kappa shape index (κ3) is 6.31. The van der Waals surface area contributed by atoms with E-state index in [1.54, 1.807) is 41.4 Å². The Hall–Kier alpha value is -5.57. The second-order valence-corrected chi connectivity index (χ2v) is 16.3. The van der Waals surface area contributed by atoms with Crippen LogP contribution in [0, 0.1) is 5.41 Å². The van der Waals surface area contributed by atoms with Crippen molar-refractivity contribution < 1.29 is 19.1 Å². The lowest BCUT2D eigenvalue weighted by Crippen LogP contribution is -2.44. The van der Waals surface area contributed by atoms with Gasteiger partial charge in [0.25, 0.3) is 5.91 Å². The third-order valence-electron chi connectivity index (χ3n) is 12.6. The number of fused-ring (bicyclic) bond motifs is 2. The van der Waals surface area contributed by atoms with Crippen molar-refractivity contribution in [3.63, 3.8) is 0 Å². The van der Waals surface area contributed by atoms with Crippen LogP contribution < -0.4 is 21.2 Å². The van der Waals surface area contributed by atoms with Crippen LogP contribution in [0.25, 0.3) is 22.1 Å². The number of ether oxygens (including phenoxy) is 1. The average molecular weight is 761 g/mol. The quantitative estimate of drug-likeness (QED) is 0.212. The Morgan fingerprint density at radius 1 is 0.964 bits per heavy atom. The summed E-state index contributed by atoms with van der Waals surface area (Å²) in [6.07, 6.45) is 12.4. The number of aromatic nitrogens is 6. The smallest absolute Gasteiger partial charge is 0.329 e. The molecule has 3 aliphatic heterocycles. The lowest BCUT2D eigenvalue weighted by atomic mass is 9.73. The van der Waals surface area contributed by atoms with Crippen LogP contribution in [-0.2, 0) is 21.4 Å². The molecule has 1 spiro atoms. The number of nitrogens with zero attached hydrogens (tertiary/aromatic N) is 8. The molecule has 0 bridgehead atoms. The number of nitrogens with one attached hydrogen (secondary N) is 2. The van der Waals surface area contributed by atoms with Crippen molar-refractivity contribution in [3.8, 4) is 0 Å². The van der Waals surface area contributed by atoms with Crippen LogP contribution >= 0.6 is 0 Å². The summed E-state index contributed by atoms with van der Waals surface area (Å²) >= 11 is 0. The van der Waals surface area contributed by atoms with E-state index in [0.29, 0.717) is 36.0 Å². The molecule has 292 valence electrons. The molecular formula is C41H48N10O5. The van der Waals surface area contributed by atoms with Crippen LogP contribution in [0.1, 0.15) is 98.4 Å².